The Morgan fingerprint density at radius 3 is 2.24 bits per heavy atom. The van der Waals surface area contributed by atoms with Gasteiger partial charge in [-0.2, -0.15) is 13.1 Å². The van der Waals surface area contributed by atoms with Gasteiger partial charge in [0.2, 0.25) is 0 Å². The van der Waals surface area contributed by atoms with E-state index < -0.39 is 21.8 Å². The van der Waals surface area contributed by atoms with Crippen LogP contribution in [0.5, 0.6) is 0 Å². The van der Waals surface area contributed by atoms with Crippen molar-refractivity contribution < 1.29 is 23.2 Å². The number of nitrogens with two attached hydrogens (primary N) is 1. The third-order valence-electron chi connectivity index (χ3n) is 3.54. The van der Waals surface area contributed by atoms with Crippen LogP contribution in [-0.4, -0.2) is 38.2 Å². The summed E-state index contributed by atoms with van der Waals surface area (Å²) in [5.41, 5.74) is 4.50. The molecular weight excluding hydrogens is 300 g/mol. The number of methoxy groups -OCH3 is 1. The molecule has 10 heteroatoms. The summed E-state index contributed by atoms with van der Waals surface area (Å²) < 4.78 is 32.3. The van der Waals surface area contributed by atoms with E-state index in [0.717, 1.165) is 39.2 Å². The molecule has 0 spiro atoms. The molecule has 0 aromatic rings. The van der Waals surface area contributed by atoms with Gasteiger partial charge in [-0.05, 0) is 12.8 Å². The highest BCUT2D eigenvalue weighted by Crippen LogP contribution is 2.27. The van der Waals surface area contributed by atoms with Gasteiger partial charge in [-0.3, -0.25) is 0 Å². The first-order valence-corrected chi connectivity index (χ1v) is 8.21. The van der Waals surface area contributed by atoms with E-state index in [1.807, 2.05) is 0 Å². The first kappa shape index (κ1) is 17.5. The van der Waals surface area contributed by atoms with Crippen molar-refractivity contribution in [2.24, 2.45) is 10.9 Å². The first-order valence-electron chi connectivity index (χ1n) is 6.73. The van der Waals surface area contributed by atoms with Crippen LogP contribution in [0.4, 0.5) is 4.79 Å². The van der Waals surface area contributed by atoms with Gasteiger partial charge in [-0.25, -0.2) is 9.52 Å². The van der Waals surface area contributed by atoms with Crippen LogP contribution < -0.4 is 15.2 Å². The van der Waals surface area contributed by atoms with E-state index in [0.29, 0.717) is 12.8 Å². The summed E-state index contributed by atoms with van der Waals surface area (Å²) in [4.78, 5) is 11.1. The molecule has 0 aliphatic heterocycles. The Kier molecular flexibility index (Phi) is 6.21. The number of carbonyl (C=O) groups excluding carboxylic acids is 1. The second kappa shape index (κ2) is 7.46. The predicted octanol–water partition coefficient (Wildman–Crippen LogP) is 0.406. The minimum Gasteiger partial charge on any atom is -0.452 e. The quantitative estimate of drug-likeness (QED) is 0.255. The van der Waals surface area contributed by atoms with Gasteiger partial charge in [0, 0.05) is 0 Å². The van der Waals surface area contributed by atoms with E-state index >= 15 is 0 Å². The Balaban J connectivity index is 2.99. The summed E-state index contributed by atoms with van der Waals surface area (Å²) in [6, 6.07) is 0. The van der Waals surface area contributed by atoms with Gasteiger partial charge in [0.15, 0.2) is 5.84 Å². The molecule has 0 aromatic heterocycles. The number of oxime groups is 1. The largest absolute Gasteiger partial charge is 0.452 e. The van der Waals surface area contributed by atoms with Crippen LogP contribution in [0.1, 0.15) is 44.9 Å². The molecule has 0 heterocycles. The van der Waals surface area contributed by atoms with Gasteiger partial charge in [-0.1, -0.05) is 37.3 Å². The average molecular weight is 322 g/mol. The molecule has 1 fully saturated rings. The number of hydrogen-bond donors (Lipinski definition) is 4. The summed E-state index contributed by atoms with van der Waals surface area (Å²) in [5.74, 6) is -0.209. The normalized spacial score (nSPS) is 20.1. The lowest BCUT2D eigenvalue weighted by atomic mass is 9.84. The lowest BCUT2D eigenvalue weighted by Crippen LogP contribution is -2.60. The van der Waals surface area contributed by atoms with Crippen LogP contribution >= 0.6 is 0 Å². The molecule has 1 rings (SSSR count). The van der Waals surface area contributed by atoms with Crippen molar-refractivity contribution in [2.75, 3.05) is 7.11 Å². The van der Waals surface area contributed by atoms with Crippen molar-refractivity contribution in [1.29, 1.82) is 0 Å². The fourth-order valence-corrected chi connectivity index (χ4v) is 3.63. The van der Waals surface area contributed by atoms with E-state index in [2.05, 4.69) is 14.6 Å². The average Bonchev–Trinajstić information content (AvgIpc) is 2.40. The molecule has 1 aliphatic rings. The summed E-state index contributed by atoms with van der Waals surface area (Å²) in [5, 5.41) is 11.9. The van der Waals surface area contributed by atoms with Gasteiger partial charge in [0.05, 0.1) is 12.6 Å². The molecule has 0 saturated heterocycles. The Hall–Kier alpha value is -1.55. The van der Waals surface area contributed by atoms with Crippen LogP contribution in [-0.2, 0) is 14.9 Å². The Morgan fingerprint density at radius 2 is 1.76 bits per heavy atom. The number of nitrogens with zero attached hydrogens (tertiary/aromatic N) is 1. The Bertz CT molecular complexity index is 483. The Morgan fingerprint density at radius 1 is 1.24 bits per heavy atom. The lowest BCUT2D eigenvalue weighted by Gasteiger charge is -2.34. The molecule has 1 aliphatic carbocycles. The van der Waals surface area contributed by atoms with E-state index in [9.17, 15) is 13.2 Å². The second-order valence-electron chi connectivity index (χ2n) is 5.03. The summed E-state index contributed by atoms with van der Waals surface area (Å²) in [6.07, 6.45) is 4.09. The molecule has 0 unspecified atom stereocenters. The maximum absolute atomic E-state index is 12.0. The van der Waals surface area contributed by atoms with Crippen LogP contribution in [0.15, 0.2) is 5.16 Å². The molecule has 1 saturated carbocycles. The molecule has 5 N–H and O–H groups in total. The van der Waals surface area contributed by atoms with Crippen molar-refractivity contribution in [3.8, 4) is 0 Å². The van der Waals surface area contributed by atoms with Crippen molar-refractivity contribution in [3.63, 3.8) is 0 Å². The number of amides is 1. The standard InChI is InChI=1S/C11H22N4O5S/c1-20-10(16)14-21(18,19)15-11(9(12)13-17)7-5-3-2-4-6-8-11/h15,17H,2-8H2,1H3,(H2,12,13)(H,14,16). The smallest absolute Gasteiger partial charge is 0.421 e. The van der Waals surface area contributed by atoms with E-state index in [4.69, 9.17) is 10.9 Å². The van der Waals surface area contributed by atoms with Crippen LogP contribution in [0.3, 0.4) is 0 Å². The summed E-state index contributed by atoms with van der Waals surface area (Å²) >= 11 is 0. The zero-order chi connectivity index (χ0) is 15.9. The van der Waals surface area contributed by atoms with E-state index in [1.165, 1.54) is 0 Å². The second-order valence-corrected chi connectivity index (χ2v) is 6.45. The van der Waals surface area contributed by atoms with E-state index in [1.54, 1.807) is 4.72 Å². The van der Waals surface area contributed by atoms with Gasteiger partial charge in [0.1, 0.15) is 0 Å². The number of ether oxygens (including phenoxy) is 1. The number of nitrogens with one attached hydrogen (secondary N) is 2. The van der Waals surface area contributed by atoms with Gasteiger partial charge in [-0.15, -0.1) is 0 Å². The molecule has 21 heavy (non-hydrogen) atoms. The van der Waals surface area contributed by atoms with Gasteiger partial charge in [0.25, 0.3) is 0 Å². The molecule has 0 radical (unpaired) electrons. The minimum atomic E-state index is -4.18. The Labute approximate surface area is 124 Å². The maximum atomic E-state index is 12.0. The third-order valence-corrected chi connectivity index (χ3v) is 4.63. The van der Waals surface area contributed by atoms with Crippen molar-refractivity contribution in [1.82, 2.24) is 9.44 Å². The fraction of sp³-hybridized carbons (Fsp3) is 0.818. The fourth-order valence-electron chi connectivity index (χ4n) is 2.45. The summed E-state index contributed by atoms with van der Waals surface area (Å²) in [6.45, 7) is 0. The SMILES string of the molecule is COC(=O)NS(=O)(=O)NC1(C(N)=NO)CCCCCCC1. The number of rotatable bonds is 4. The number of amidine groups is 1. The molecule has 0 bridgehead atoms. The highest BCUT2D eigenvalue weighted by atomic mass is 32.2. The zero-order valence-electron chi connectivity index (χ0n) is 12.0. The van der Waals surface area contributed by atoms with Crippen molar-refractivity contribution in [2.45, 2.75) is 50.5 Å². The third kappa shape index (κ3) is 5.05. The molecule has 1 amide bonds. The monoisotopic (exact) mass is 322 g/mol. The van der Waals surface area contributed by atoms with Crippen LogP contribution in [0, 0.1) is 0 Å². The number of hydrogen-bond acceptors (Lipinski definition) is 6. The lowest BCUT2D eigenvalue weighted by molar-refractivity contribution is 0.177. The highest BCUT2D eigenvalue weighted by molar-refractivity contribution is 7.88. The molecular formula is C11H22N4O5S. The van der Waals surface area contributed by atoms with Crippen molar-refractivity contribution >= 4 is 22.1 Å². The van der Waals surface area contributed by atoms with Gasteiger partial charge >= 0.3 is 16.3 Å². The molecule has 0 aromatic carbocycles. The molecule has 9 nitrogen and oxygen atoms in total. The molecule has 0 atom stereocenters. The number of carbonyl (C=O) groups is 1. The predicted molar refractivity (Wildman–Crippen MR) is 76.1 cm³/mol. The van der Waals surface area contributed by atoms with Gasteiger partial charge < -0.3 is 15.7 Å². The van der Waals surface area contributed by atoms with Crippen LogP contribution in [0.25, 0.3) is 0 Å². The van der Waals surface area contributed by atoms with Crippen molar-refractivity contribution in [3.05, 3.63) is 0 Å². The van der Waals surface area contributed by atoms with Crippen LogP contribution in [0.2, 0.25) is 0 Å². The molecule has 122 valence electrons. The van der Waals surface area contributed by atoms with E-state index in [-0.39, 0.29) is 5.84 Å². The minimum absolute atomic E-state index is 0.209. The zero-order valence-corrected chi connectivity index (χ0v) is 12.8. The summed E-state index contributed by atoms with van der Waals surface area (Å²) in [7, 11) is -3.13. The first-order chi connectivity index (χ1) is 9.85. The topological polar surface area (TPSA) is 143 Å². The maximum Gasteiger partial charge on any atom is 0.421 e. The highest BCUT2D eigenvalue weighted by Gasteiger charge is 2.39.